The van der Waals surface area contributed by atoms with Gasteiger partial charge in [0.05, 0.1) is 24.0 Å². The van der Waals surface area contributed by atoms with Crippen molar-refractivity contribution >= 4 is 17.3 Å². The van der Waals surface area contributed by atoms with Crippen molar-refractivity contribution in [3.63, 3.8) is 0 Å². The van der Waals surface area contributed by atoms with Crippen LogP contribution in [-0.4, -0.2) is 29.0 Å². The molecule has 0 saturated carbocycles. The number of halogens is 1. The van der Waals surface area contributed by atoms with Gasteiger partial charge in [-0.1, -0.05) is 11.6 Å². The molecule has 1 unspecified atom stereocenters. The van der Waals surface area contributed by atoms with E-state index in [0.717, 1.165) is 0 Å². The van der Waals surface area contributed by atoms with E-state index in [-0.39, 0.29) is 22.7 Å². The van der Waals surface area contributed by atoms with Crippen LogP contribution in [0.2, 0.25) is 5.02 Å². The molecule has 0 amide bonds. The van der Waals surface area contributed by atoms with Crippen LogP contribution in [0.4, 0.5) is 5.69 Å². The van der Waals surface area contributed by atoms with E-state index < -0.39 is 0 Å². The van der Waals surface area contributed by atoms with Gasteiger partial charge in [0.2, 0.25) is 0 Å². The summed E-state index contributed by atoms with van der Waals surface area (Å²) in [6.07, 6.45) is 1.63. The summed E-state index contributed by atoms with van der Waals surface area (Å²) in [6, 6.07) is -0.00796. The smallest absolute Gasteiger partial charge is 0.287 e. The van der Waals surface area contributed by atoms with Crippen LogP contribution >= 0.6 is 11.6 Å². The first-order chi connectivity index (χ1) is 8.47. The Kier molecular flexibility index (Phi) is 5.62. The quantitative estimate of drug-likeness (QED) is 0.864. The number of nitrogens with one attached hydrogen (secondary N) is 1. The highest BCUT2D eigenvalue weighted by molar-refractivity contribution is 6.32. The molecule has 0 fully saturated rings. The minimum absolute atomic E-state index is 0.00796. The Morgan fingerprint density at radius 1 is 1.50 bits per heavy atom. The number of aromatic nitrogens is 2. The zero-order chi connectivity index (χ0) is 13.7. The highest BCUT2D eigenvalue weighted by Gasteiger charge is 2.11. The standard InChI is InChI=1S/C12H20ClN3O2/c1-5-18-9(4)6-14-10-7-15-16(8(2)3)12(17)11(10)13/h7-9,14H,5-6H2,1-4H3. The van der Waals surface area contributed by atoms with Crippen LogP contribution < -0.4 is 10.9 Å². The van der Waals surface area contributed by atoms with Gasteiger partial charge in [0.1, 0.15) is 5.02 Å². The average molecular weight is 274 g/mol. The zero-order valence-electron chi connectivity index (χ0n) is 11.2. The SMILES string of the molecule is CCOC(C)CNc1cnn(C(C)C)c(=O)c1Cl. The first-order valence-electron chi connectivity index (χ1n) is 6.10. The molecule has 1 N–H and O–H groups in total. The van der Waals surface area contributed by atoms with Gasteiger partial charge < -0.3 is 10.1 Å². The van der Waals surface area contributed by atoms with E-state index >= 15 is 0 Å². The zero-order valence-corrected chi connectivity index (χ0v) is 12.0. The second kappa shape index (κ2) is 6.75. The molecular weight excluding hydrogens is 254 g/mol. The molecule has 0 aliphatic rings. The molecular formula is C12H20ClN3O2. The fourth-order valence-corrected chi connectivity index (χ4v) is 1.74. The lowest BCUT2D eigenvalue weighted by molar-refractivity contribution is 0.0855. The molecule has 1 aromatic heterocycles. The third-order valence-electron chi connectivity index (χ3n) is 2.46. The van der Waals surface area contributed by atoms with Crippen molar-refractivity contribution < 1.29 is 4.74 Å². The maximum Gasteiger partial charge on any atom is 0.287 e. The van der Waals surface area contributed by atoms with Gasteiger partial charge in [0.15, 0.2) is 0 Å². The van der Waals surface area contributed by atoms with Crippen molar-refractivity contribution in [2.24, 2.45) is 0 Å². The predicted octanol–water partition coefficient (Wildman–Crippen LogP) is 2.31. The lowest BCUT2D eigenvalue weighted by atomic mass is 10.3. The summed E-state index contributed by atoms with van der Waals surface area (Å²) in [6.45, 7) is 8.90. The van der Waals surface area contributed by atoms with Gasteiger partial charge in [-0.3, -0.25) is 4.79 Å². The van der Waals surface area contributed by atoms with Crippen LogP contribution in [0.5, 0.6) is 0 Å². The number of anilines is 1. The van der Waals surface area contributed by atoms with Crippen LogP contribution in [0.1, 0.15) is 33.7 Å². The molecule has 0 aliphatic heterocycles. The molecule has 5 nitrogen and oxygen atoms in total. The van der Waals surface area contributed by atoms with E-state index in [1.165, 1.54) is 4.68 Å². The van der Waals surface area contributed by atoms with Gasteiger partial charge in [-0.05, 0) is 27.7 Å². The molecule has 0 bridgehead atoms. The van der Waals surface area contributed by atoms with Crippen molar-refractivity contribution in [2.75, 3.05) is 18.5 Å². The Bertz CT molecular complexity index is 445. The highest BCUT2D eigenvalue weighted by atomic mass is 35.5. The van der Waals surface area contributed by atoms with E-state index in [1.807, 2.05) is 27.7 Å². The summed E-state index contributed by atoms with van der Waals surface area (Å²) >= 11 is 6.03. The summed E-state index contributed by atoms with van der Waals surface area (Å²) in [5.41, 5.74) is 0.269. The van der Waals surface area contributed by atoms with E-state index in [4.69, 9.17) is 16.3 Å². The molecule has 0 aliphatic carbocycles. The average Bonchev–Trinajstić information content (AvgIpc) is 2.31. The van der Waals surface area contributed by atoms with E-state index in [0.29, 0.717) is 18.8 Å². The van der Waals surface area contributed by atoms with Crippen LogP contribution in [0.15, 0.2) is 11.0 Å². The molecule has 1 atom stereocenters. The minimum Gasteiger partial charge on any atom is -0.380 e. The van der Waals surface area contributed by atoms with Gasteiger partial charge in [-0.15, -0.1) is 0 Å². The number of hydrogen-bond donors (Lipinski definition) is 1. The Morgan fingerprint density at radius 3 is 2.72 bits per heavy atom. The van der Waals surface area contributed by atoms with E-state index in [9.17, 15) is 4.79 Å². The first kappa shape index (κ1) is 15.0. The second-order valence-electron chi connectivity index (χ2n) is 4.36. The third kappa shape index (κ3) is 3.71. The van der Waals surface area contributed by atoms with Crippen molar-refractivity contribution in [1.29, 1.82) is 0 Å². The maximum absolute atomic E-state index is 11.9. The highest BCUT2D eigenvalue weighted by Crippen LogP contribution is 2.16. The number of ether oxygens (including phenoxy) is 1. The van der Waals surface area contributed by atoms with Crippen molar-refractivity contribution in [3.05, 3.63) is 21.6 Å². The monoisotopic (exact) mass is 273 g/mol. The van der Waals surface area contributed by atoms with Crippen LogP contribution in [0.25, 0.3) is 0 Å². The van der Waals surface area contributed by atoms with Crippen molar-refractivity contribution in [2.45, 2.75) is 39.8 Å². The lowest BCUT2D eigenvalue weighted by Crippen LogP contribution is -2.27. The largest absolute Gasteiger partial charge is 0.380 e. The summed E-state index contributed by atoms with van der Waals surface area (Å²) in [5.74, 6) is 0. The molecule has 18 heavy (non-hydrogen) atoms. The molecule has 102 valence electrons. The first-order valence-corrected chi connectivity index (χ1v) is 6.48. The van der Waals surface area contributed by atoms with Gasteiger partial charge in [0, 0.05) is 13.2 Å². The van der Waals surface area contributed by atoms with Crippen molar-refractivity contribution in [1.82, 2.24) is 9.78 Å². The van der Waals surface area contributed by atoms with E-state index in [1.54, 1.807) is 6.20 Å². The predicted molar refractivity (Wildman–Crippen MR) is 73.5 cm³/mol. The Balaban J connectivity index is 2.80. The molecule has 0 spiro atoms. The summed E-state index contributed by atoms with van der Waals surface area (Å²) in [4.78, 5) is 11.9. The molecule has 1 aromatic rings. The van der Waals surface area contributed by atoms with Crippen LogP contribution in [0.3, 0.4) is 0 Å². The Hall–Kier alpha value is -1.07. The van der Waals surface area contributed by atoms with Crippen LogP contribution in [-0.2, 0) is 4.74 Å². The number of nitrogens with zero attached hydrogens (tertiary/aromatic N) is 2. The molecule has 0 aromatic carbocycles. The van der Waals surface area contributed by atoms with Crippen molar-refractivity contribution in [3.8, 4) is 0 Å². The minimum atomic E-state index is -0.277. The molecule has 6 heteroatoms. The van der Waals surface area contributed by atoms with Gasteiger partial charge in [-0.2, -0.15) is 5.10 Å². The number of hydrogen-bond acceptors (Lipinski definition) is 4. The molecule has 1 rings (SSSR count). The molecule has 1 heterocycles. The second-order valence-corrected chi connectivity index (χ2v) is 4.74. The normalized spacial score (nSPS) is 12.8. The molecule has 0 saturated heterocycles. The number of rotatable bonds is 6. The Morgan fingerprint density at radius 2 is 2.17 bits per heavy atom. The summed E-state index contributed by atoms with van der Waals surface area (Å²) in [7, 11) is 0. The summed E-state index contributed by atoms with van der Waals surface area (Å²) in [5, 5.41) is 7.32. The molecule has 0 radical (unpaired) electrons. The van der Waals surface area contributed by atoms with Gasteiger partial charge >= 0.3 is 0 Å². The lowest BCUT2D eigenvalue weighted by Gasteiger charge is -2.15. The van der Waals surface area contributed by atoms with Gasteiger partial charge in [-0.25, -0.2) is 4.68 Å². The van der Waals surface area contributed by atoms with E-state index in [2.05, 4.69) is 10.4 Å². The third-order valence-corrected chi connectivity index (χ3v) is 2.83. The van der Waals surface area contributed by atoms with Crippen LogP contribution in [0, 0.1) is 0 Å². The topological polar surface area (TPSA) is 56.1 Å². The maximum atomic E-state index is 11.9. The van der Waals surface area contributed by atoms with Gasteiger partial charge in [0.25, 0.3) is 5.56 Å². The fraction of sp³-hybridized carbons (Fsp3) is 0.667. The fourth-order valence-electron chi connectivity index (χ4n) is 1.53. The summed E-state index contributed by atoms with van der Waals surface area (Å²) < 4.78 is 6.75. The Labute approximate surface area is 112 Å².